The van der Waals surface area contributed by atoms with Crippen molar-refractivity contribution in [3.63, 3.8) is 0 Å². The summed E-state index contributed by atoms with van der Waals surface area (Å²) in [5.41, 5.74) is 0.190. The molecule has 20 heavy (non-hydrogen) atoms. The molecule has 2 N–H and O–H groups in total. The fourth-order valence-electron chi connectivity index (χ4n) is 2.75. The minimum absolute atomic E-state index is 0.190. The highest BCUT2D eigenvalue weighted by Gasteiger charge is 2.48. The molecule has 0 radical (unpaired) electrons. The van der Waals surface area contributed by atoms with E-state index in [4.69, 9.17) is 4.74 Å². The van der Waals surface area contributed by atoms with Crippen molar-refractivity contribution in [2.24, 2.45) is 17.3 Å². The van der Waals surface area contributed by atoms with Crippen molar-refractivity contribution in [3.05, 3.63) is 0 Å². The van der Waals surface area contributed by atoms with E-state index in [0.29, 0.717) is 24.0 Å². The third-order valence-electron chi connectivity index (χ3n) is 4.57. The molecule has 0 aliphatic heterocycles. The van der Waals surface area contributed by atoms with Crippen molar-refractivity contribution in [2.75, 3.05) is 19.7 Å². The predicted octanol–water partition coefficient (Wildman–Crippen LogP) is 1.94. The summed E-state index contributed by atoms with van der Waals surface area (Å²) >= 11 is 0. The number of carbonyl (C=O) groups is 1. The van der Waals surface area contributed by atoms with E-state index in [-0.39, 0.29) is 11.3 Å². The van der Waals surface area contributed by atoms with Gasteiger partial charge in [0.05, 0.1) is 6.10 Å². The zero-order valence-electron chi connectivity index (χ0n) is 13.4. The third-order valence-corrected chi connectivity index (χ3v) is 4.57. The fraction of sp³-hybridized carbons (Fsp3) is 0.938. The first-order valence-electron chi connectivity index (χ1n) is 8.04. The average Bonchev–Trinajstić information content (AvgIpc) is 3.19. The van der Waals surface area contributed by atoms with E-state index in [0.717, 1.165) is 39.0 Å². The van der Waals surface area contributed by atoms with Crippen LogP contribution in [0.3, 0.4) is 0 Å². The van der Waals surface area contributed by atoms with Gasteiger partial charge in [-0.1, -0.05) is 27.7 Å². The van der Waals surface area contributed by atoms with Gasteiger partial charge in [0.25, 0.3) is 0 Å². The summed E-state index contributed by atoms with van der Waals surface area (Å²) < 4.78 is 5.96. The summed E-state index contributed by atoms with van der Waals surface area (Å²) in [4.78, 5) is 11.5. The lowest BCUT2D eigenvalue weighted by atomic mass is 9.64. The Bertz CT molecular complexity index is 337. The first-order valence-corrected chi connectivity index (χ1v) is 8.04. The molecule has 0 bridgehead atoms. The molecule has 4 heteroatoms. The number of rotatable bonds is 8. The molecular formula is C16H30N2O2. The summed E-state index contributed by atoms with van der Waals surface area (Å²) in [6.07, 6.45) is 3.59. The number of amides is 1. The van der Waals surface area contributed by atoms with Gasteiger partial charge in [0.1, 0.15) is 0 Å². The first kappa shape index (κ1) is 15.8. The van der Waals surface area contributed by atoms with Gasteiger partial charge in [-0.2, -0.15) is 0 Å². The predicted molar refractivity (Wildman–Crippen MR) is 80.5 cm³/mol. The topological polar surface area (TPSA) is 50.4 Å². The Kier molecular flexibility index (Phi) is 5.08. The van der Waals surface area contributed by atoms with E-state index in [1.807, 2.05) is 0 Å². The molecule has 2 fully saturated rings. The standard InChI is InChI=1S/C16H30N2O2/c1-11(2)10-20-14-9-13(16(14,3)4)17-7-8-18-15(19)12-5-6-12/h11-14,17H,5-10H2,1-4H3,(H,18,19). The maximum Gasteiger partial charge on any atom is 0.223 e. The van der Waals surface area contributed by atoms with Gasteiger partial charge in [-0.15, -0.1) is 0 Å². The largest absolute Gasteiger partial charge is 0.377 e. The van der Waals surface area contributed by atoms with Crippen LogP contribution in [-0.2, 0) is 9.53 Å². The van der Waals surface area contributed by atoms with E-state index < -0.39 is 0 Å². The molecule has 0 spiro atoms. The molecule has 0 aromatic carbocycles. The van der Waals surface area contributed by atoms with E-state index >= 15 is 0 Å². The van der Waals surface area contributed by atoms with Crippen molar-refractivity contribution in [2.45, 2.75) is 59.1 Å². The highest BCUT2D eigenvalue weighted by molar-refractivity contribution is 5.80. The van der Waals surface area contributed by atoms with Gasteiger partial charge in [0, 0.05) is 37.1 Å². The summed E-state index contributed by atoms with van der Waals surface area (Å²) in [6, 6.07) is 0.498. The van der Waals surface area contributed by atoms with E-state index in [1.54, 1.807) is 0 Å². The third kappa shape index (κ3) is 3.95. The highest BCUT2D eigenvalue weighted by Crippen LogP contribution is 2.42. The SMILES string of the molecule is CC(C)COC1CC(NCCNC(=O)C2CC2)C1(C)C. The Labute approximate surface area is 123 Å². The monoisotopic (exact) mass is 282 g/mol. The molecule has 2 rings (SSSR count). The maximum atomic E-state index is 11.5. The molecule has 0 aromatic heterocycles. The second-order valence-corrected chi connectivity index (χ2v) is 7.34. The van der Waals surface area contributed by atoms with Crippen molar-refractivity contribution < 1.29 is 9.53 Å². The summed E-state index contributed by atoms with van der Waals surface area (Å²) in [6.45, 7) is 11.3. The maximum absolute atomic E-state index is 11.5. The fourth-order valence-corrected chi connectivity index (χ4v) is 2.75. The van der Waals surface area contributed by atoms with Crippen LogP contribution in [-0.4, -0.2) is 37.7 Å². The van der Waals surface area contributed by atoms with Crippen molar-refractivity contribution in [1.82, 2.24) is 10.6 Å². The summed E-state index contributed by atoms with van der Waals surface area (Å²) in [5, 5.41) is 6.54. The van der Waals surface area contributed by atoms with Gasteiger partial charge in [0.15, 0.2) is 0 Å². The molecule has 0 aromatic rings. The Morgan fingerprint density at radius 2 is 2.00 bits per heavy atom. The molecule has 116 valence electrons. The number of carbonyl (C=O) groups excluding carboxylic acids is 1. The minimum Gasteiger partial charge on any atom is -0.377 e. The van der Waals surface area contributed by atoms with Crippen molar-refractivity contribution >= 4 is 5.91 Å². The second-order valence-electron chi connectivity index (χ2n) is 7.34. The first-order chi connectivity index (χ1) is 9.41. The Morgan fingerprint density at radius 3 is 2.55 bits per heavy atom. The van der Waals surface area contributed by atoms with E-state index in [9.17, 15) is 4.79 Å². The summed E-state index contributed by atoms with van der Waals surface area (Å²) in [5.74, 6) is 1.14. The molecule has 0 saturated heterocycles. The number of ether oxygens (including phenoxy) is 1. The van der Waals surface area contributed by atoms with Gasteiger partial charge < -0.3 is 15.4 Å². The second kappa shape index (κ2) is 6.44. The Morgan fingerprint density at radius 1 is 1.30 bits per heavy atom. The molecule has 0 heterocycles. The molecule has 2 saturated carbocycles. The molecule has 2 aliphatic rings. The van der Waals surface area contributed by atoms with Crippen LogP contribution in [0.15, 0.2) is 0 Å². The lowest BCUT2D eigenvalue weighted by molar-refractivity contribution is -0.124. The van der Waals surface area contributed by atoms with Gasteiger partial charge >= 0.3 is 0 Å². The van der Waals surface area contributed by atoms with Crippen LogP contribution in [0.1, 0.15) is 47.0 Å². The Balaban J connectivity index is 1.58. The molecule has 2 atom stereocenters. The van der Waals surface area contributed by atoms with Crippen LogP contribution in [0.5, 0.6) is 0 Å². The highest BCUT2D eigenvalue weighted by atomic mass is 16.5. The minimum atomic E-state index is 0.190. The summed E-state index contributed by atoms with van der Waals surface area (Å²) in [7, 11) is 0. The van der Waals surface area contributed by atoms with Crippen molar-refractivity contribution in [1.29, 1.82) is 0 Å². The molecule has 2 aliphatic carbocycles. The van der Waals surface area contributed by atoms with Crippen LogP contribution >= 0.6 is 0 Å². The van der Waals surface area contributed by atoms with E-state index in [1.165, 1.54) is 0 Å². The van der Waals surface area contributed by atoms with Crippen molar-refractivity contribution in [3.8, 4) is 0 Å². The van der Waals surface area contributed by atoms with Gasteiger partial charge in [-0.3, -0.25) is 4.79 Å². The Hall–Kier alpha value is -0.610. The average molecular weight is 282 g/mol. The van der Waals surface area contributed by atoms with E-state index in [2.05, 4.69) is 38.3 Å². The van der Waals surface area contributed by atoms with Gasteiger partial charge in [-0.25, -0.2) is 0 Å². The zero-order valence-corrected chi connectivity index (χ0v) is 13.4. The van der Waals surface area contributed by atoms with Crippen LogP contribution in [0.2, 0.25) is 0 Å². The zero-order chi connectivity index (χ0) is 14.8. The lowest BCUT2D eigenvalue weighted by Gasteiger charge is -2.52. The number of hydrogen-bond acceptors (Lipinski definition) is 3. The molecule has 4 nitrogen and oxygen atoms in total. The molecule has 2 unspecified atom stereocenters. The van der Waals surface area contributed by atoms with Crippen LogP contribution in [0, 0.1) is 17.3 Å². The molecule has 1 amide bonds. The number of nitrogens with one attached hydrogen (secondary N) is 2. The van der Waals surface area contributed by atoms with Gasteiger partial charge in [-0.05, 0) is 25.2 Å². The quantitative estimate of drug-likeness (QED) is 0.669. The van der Waals surface area contributed by atoms with Gasteiger partial charge in [0.2, 0.25) is 5.91 Å². The number of hydrogen-bond donors (Lipinski definition) is 2. The van der Waals surface area contributed by atoms with Crippen LogP contribution < -0.4 is 10.6 Å². The molecular weight excluding hydrogens is 252 g/mol. The smallest absolute Gasteiger partial charge is 0.223 e. The lowest BCUT2D eigenvalue weighted by Crippen LogP contribution is -2.61. The van der Waals surface area contributed by atoms with Crippen LogP contribution in [0.25, 0.3) is 0 Å². The van der Waals surface area contributed by atoms with Crippen LogP contribution in [0.4, 0.5) is 0 Å². The normalized spacial score (nSPS) is 28.2.